The molecule has 42 heavy (non-hydrogen) atoms. The van der Waals surface area contributed by atoms with Crippen molar-refractivity contribution in [2.75, 3.05) is 33.3 Å². The Morgan fingerprint density at radius 2 is 1.31 bits per heavy atom. The van der Waals surface area contributed by atoms with Gasteiger partial charge < -0.3 is 9.47 Å². The fraction of sp³-hybridized carbons (Fsp3) is 0.229. The molecule has 0 spiro atoms. The Kier molecular flexibility index (Phi) is 8.49. The zero-order valence-electron chi connectivity index (χ0n) is 23.9. The molecule has 4 aromatic carbocycles. The van der Waals surface area contributed by atoms with E-state index < -0.39 is 0 Å². The minimum absolute atomic E-state index is 0.139. The van der Waals surface area contributed by atoms with Crippen LogP contribution in [0.4, 0.5) is 0 Å². The van der Waals surface area contributed by atoms with Crippen LogP contribution in [0.2, 0.25) is 0 Å². The molecule has 0 radical (unpaired) electrons. The van der Waals surface area contributed by atoms with Gasteiger partial charge in [-0.2, -0.15) is 0 Å². The quantitative estimate of drug-likeness (QED) is 0.198. The van der Waals surface area contributed by atoms with Crippen LogP contribution < -0.4 is 15.2 Å². The first-order valence-electron chi connectivity index (χ1n) is 14.5. The maximum absolute atomic E-state index is 13.2. The van der Waals surface area contributed by atoms with Crippen LogP contribution in [0.3, 0.4) is 0 Å². The molecule has 1 atom stereocenters. The van der Waals surface area contributed by atoms with Gasteiger partial charge in [-0.25, -0.2) is 4.79 Å². The Bertz CT molecular complexity index is 1610. The highest BCUT2D eigenvalue weighted by Gasteiger charge is 2.25. The van der Waals surface area contributed by atoms with Crippen molar-refractivity contribution in [3.05, 3.63) is 138 Å². The van der Waals surface area contributed by atoms with Crippen LogP contribution in [-0.4, -0.2) is 58.3 Å². The van der Waals surface area contributed by atoms with Crippen molar-refractivity contribution in [2.24, 2.45) is 0 Å². The van der Waals surface area contributed by atoms with Crippen molar-refractivity contribution >= 4 is 0 Å². The van der Waals surface area contributed by atoms with E-state index in [0.29, 0.717) is 18.4 Å². The highest BCUT2D eigenvalue weighted by Crippen LogP contribution is 2.22. The van der Waals surface area contributed by atoms with Crippen LogP contribution in [0, 0.1) is 0 Å². The van der Waals surface area contributed by atoms with Crippen molar-refractivity contribution < 1.29 is 9.47 Å². The largest absolute Gasteiger partial charge is 0.492 e. The molecule has 5 aromatic rings. The lowest BCUT2D eigenvalue weighted by atomic mass is 10.2. The molecule has 7 nitrogen and oxygen atoms in total. The lowest BCUT2D eigenvalue weighted by Gasteiger charge is -2.24. The molecule has 7 heteroatoms. The van der Waals surface area contributed by atoms with Crippen LogP contribution in [-0.2, 0) is 6.54 Å². The standard InChI is InChI=1S/C35H36N4O3/c1-36(31-20-21-37(27-31)26-28-8-4-2-5-9-28)24-25-41-32-16-12-29(13-17-32)38-22-23-39(35(38)40)30-14-18-34(19-15-30)42-33-10-6-3-7-11-33/h2-19,22-23,31H,20-21,24-27H2,1H3. The third kappa shape index (κ3) is 6.65. The van der Waals surface area contributed by atoms with E-state index in [2.05, 4.69) is 47.2 Å². The predicted octanol–water partition coefficient (Wildman–Crippen LogP) is 6.01. The van der Waals surface area contributed by atoms with Crippen molar-refractivity contribution in [1.29, 1.82) is 0 Å². The number of nitrogens with zero attached hydrogens (tertiary/aromatic N) is 4. The lowest BCUT2D eigenvalue weighted by Crippen LogP contribution is -2.37. The summed E-state index contributed by atoms with van der Waals surface area (Å²) in [4.78, 5) is 18.1. The first kappa shape index (κ1) is 27.6. The number of hydrogen-bond donors (Lipinski definition) is 0. The Morgan fingerprint density at radius 1 is 0.738 bits per heavy atom. The Morgan fingerprint density at radius 3 is 1.95 bits per heavy atom. The summed E-state index contributed by atoms with van der Waals surface area (Å²) < 4.78 is 15.2. The second-order valence-electron chi connectivity index (χ2n) is 10.7. The Balaban J connectivity index is 0.998. The number of aromatic nitrogens is 2. The number of imidazole rings is 1. The van der Waals surface area contributed by atoms with Crippen molar-refractivity contribution in [3.63, 3.8) is 0 Å². The van der Waals surface area contributed by atoms with Gasteiger partial charge in [-0.1, -0.05) is 48.5 Å². The molecular weight excluding hydrogens is 524 g/mol. The highest BCUT2D eigenvalue weighted by atomic mass is 16.5. The summed E-state index contributed by atoms with van der Waals surface area (Å²) in [6.45, 7) is 4.70. The van der Waals surface area contributed by atoms with E-state index in [1.807, 2.05) is 78.9 Å². The lowest BCUT2D eigenvalue weighted by molar-refractivity contribution is 0.187. The molecule has 0 bridgehead atoms. The molecule has 6 rings (SSSR count). The topological polar surface area (TPSA) is 51.9 Å². The van der Waals surface area contributed by atoms with Crippen molar-refractivity contribution in [1.82, 2.24) is 18.9 Å². The monoisotopic (exact) mass is 560 g/mol. The smallest absolute Gasteiger partial charge is 0.337 e. The predicted molar refractivity (Wildman–Crippen MR) is 166 cm³/mol. The molecule has 1 fully saturated rings. The summed E-state index contributed by atoms with van der Waals surface area (Å²) in [5, 5.41) is 0. The molecule has 2 heterocycles. The fourth-order valence-corrected chi connectivity index (χ4v) is 5.42. The summed E-state index contributed by atoms with van der Waals surface area (Å²) in [6, 6.07) is 36.0. The van der Waals surface area contributed by atoms with E-state index in [1.165, 1.54) is 12.0 Å². The van der Waals surface area contributed by atoms with Crippen molar-refractivity contribution in [2.45, 2.75) is 19.0 Å². The molecule has 214 valence electrons. The van der Waals surface area contributed by atoms with Crippen LogP contribution in [0.25, 0.3) is 11.4 Å². The summed E-state index contributed by atoms with van der Waals surface area (Å²) in [7, 11) is 2.18. The average Bonchev–Trinajstić information content (AvgIpc) is 3.66. The summed E-state index contributed by atoms with van der Waals surface area (Å²) in [5.41, 5.74) is 2.79. The molecule has 1 aromatic heterocycles. The SMILES string of the molecule is CN(CCOc1ccc(-n2ccn(-c3ccc(Oc4ccccc4)cc3)c2=O)cc1)C1CCN(Cc2ccccc2)C1. The second-order valence-corrected chi connectivity index (χ2v) is 10.7. The third-order valence-electron chi connectivity index (χ3n) is 7.82. The number of ether oxygens (including phenoxy) is 2. The van der Waals surface area contributed by atoms with Crippen LogP contribution >= 0.6 is 0 Å². The second kappa shape index (κ2) is 12.9. The fourth-order valence-electron chi connectivity index (χ4n) is 5.42. The molecule has 0 N–H and O–H groups in total. The van der Waals surface area contributed by atoms with Crippen LogP contribution in [0.1, 0.15) is 12.0 Å². The molecular formula is C35H36N4O3. The van der Waals surface area contributed by atoms with Gasteiger partial charge >= 0.3 is 5.69 Å². The molecule has 1 unspecified atom stereocenters. The first-order chi connectivity index (χ1) is 20.6. The van der Waals surface area contributed by atoms with Gasteiger partial charge in [0.1, 0.15) is 23.9 Å². The van der Waals surface area contributed by atoms with Gasteiger partial charge in [0, 0.05) is 44.6 Å². The van der Waals surface area contributed by atoms with Crippen molar-refractivity contribution in [3.8, 4) is 28.6 Å². The molecule has 0 amide bonds. The Hall–Kier alpha value is -4.59. The minimum atomic E-state index is -0.139. The zero-order chi connectivity index (χ0) is 28.7. The van der Waals surface area contributed by atoms with E-state index in [4.69, 9.17) is 9.47 Å². The molecule has 1 saturated heterocycles. The number of hydrogen-bond acceptors (Lipinski definition) is 5. The van der Waals surface area contributed by atoms with Gasteiger partial charge in [0.2, 0.25) is 0 Å². The number of rotatable bonds is 11. The summed E-state index contributed by atoms with van der Waals surface area (Å²) in [5.74, 6) is 2.28. The number of likely N-dealkylation sites (N-methyl/N-ethyl adjacent to an activating group) is 1. The highest BCUT2D eigenvalue weighted by molar-refractivity contribution is 5.41. The van der Waals surface area contributed by atoms with E-state index in [-0.39, 0.29) is 5.69 Å². The first-order valence-corrected chi connectivity index (χ1v) is 14.5. The van der Waals surface area contributed by atoms with Gasteiger partial charge in [0.25, 0.3) is 0 Å². The minimum Gasteiger partial charge on any atom is -0.492 e. The van der Waals surface area contributed by atoms with Gasteiger partial charge in [0.15, 0.2) is 0 Å². The van der Waals surface area contributed by atoms with E-state index >= 15 is 0 Å². The zero-order valence-corrected chi connectivity index (χ0v) is 23.9. The Labute approximate surface area is 246 Å². The van der Waals surface area contributed by atoms with E-state index in [9.17, 15) is 4.79 Å². The third-order valence-corrected chi connectivity index (χ3v) is 7.82. The summed E-state index contributed by atoms with van der Waals surface area (Å²) in [6.07, 6.45) is 4.74. The van der Waals surface area contributed by atoms with Gasteiger partial charge in [-0.05, 0) is 79.7 Å². The van der Waals surface area contributed by atoms with Crippen LogP contribution in [0.5, 0.6) is 17.2 Å². The molecule has 0 saturated carbocycles. The molecule has 1 aliphatic rings. The maximum atomic E-state index is 13.2. The number of likely N-dealkylation sites (tertiary alicyclic amines) is 1. The van der Waals surface area contributed by atoms with Crippen LogP contribution in [0.15, 0.2) is 126 Å². The summed E-state index contributed by atoms with van der Waals surface area (Å²) >= 11 is 0. The van der Waals surface area contributed by atoms with E-state index in [1.54, 1.807) is 21.5 Å². The molecule has 0 aliphatic carbocycles. The van der Waals surface area contributed by atoms with E-state index in [0.717, 1.165) is 49.1 Å². The van der Waals surface area contributed by atoms with Gasteiger partial charge in [-0.3, -0.25) is 18.9 Å². The normalized spacial score (nSPS) is 15.2. The molecule has 1 aliphatic heterocycles. The van der Waals surface area contributed by atoms with Gasteiger partial charge in [0.05, 0.1) is 11.4 Å². The number of benzene rings is 4. The number of para-hydroxylation sites is 1. The average molecular weight is 561 g/mol. The maximum Gasteiger partial charge on any atom is 0.337 e. The van der Waals surface area contributed by atoms with Gasteiger partial charge in [-0.15, -0.1) is 0 Å².